The van der Waals surface area contributed by atoms with E-state index in [4.69, 9.17) is 9.16 Å². The summed E-state index contributed by atoms with van der Waals surface area (Å²) in [6.07, 6.45) is -1.31. The predicted octanol–water partition coefficient (Wildman–Crippen LogP) is 5.23. The second-order valence-electron chi connectivity index (χ2n) is 9.97. The minimum absolute atomic E-state index is 0.0174. The fourth-order valence-corrected chi connectivity index (χ4v) is 4.47. The molecule has 1 aromatic carbocycles. The van der Waals surface area contributed by atoms with Crippen molar-refractivity contribution in [2.45, 2.75) is 91.3 Å². The summed E-state index contributed by atoms with van der Waals surface area (Å²) in [5.74, 6) is -1.36. The average Bonchev–Trinajstić information content (AvgIpc) is 2.65. The molecule has 0 bridgehead atoms. The van der Waals surface area contributed by atoms with Gasteiger partial charge in [-0.25, -0.2) is 4.79 Å². The molecule has 0 spiro atoms. The van der Waals surface area contributed by atoms with Gasteiger partial charge in [-0.3, -0.25) is 4.79 Å². The van der Waals surface area contributed by atoms with E-state index in [2.05, 4.69) is 33.9 Å². The van der Waals surface area contributed by atoms with Crippen LogP contribution in [0.1, 0.15) is 65.2 Å². The summed E-state index contributed by atoms with van der Waals surface area (Å²) in [7, 11) is -1.91. The maximum absolute atomic E-state index is 12.7. The van der Waals surface area contributed by atoms with Crippen LogP contribution in [0.5, 0.6) is 0 Å². The van der Waals surface area contributed by atoms with E-state index in [0.717, 1.165) is 0 Å². The van der Waals surface area contributed by atoms with Gasteiger partial charge in [-0.2, -0.15) is 0 Å². The number of ketones is 1. The fraction of sp³-hybridized carbons (Fsp3) is 0.667. The number of rotatable bonds is 10. The lowest BCUT2D eigenvalue weighted by Crippen LogP contribution is -2.45. The second-order valence-corrected chi connectivity index (χ2v) is 14.7. The number of esters is 1. The Morgan fingerprint density at radius 3 is 2.07 bits per heavy atom. The summed E-state index contributed by atoms with van der Waals surface area (Å²) in [6.45, 7) is 18.3. The molecule has 170 valence electrons. The van der Waals surface area contributed by atoms with Crippen LogP contribution >= 0.6 is 0 Å². The zero-order chi connectivity index (χ0) is 23.3. The molecule has 0 unspecified atom stereocenters. The molecule has 1 N–H and O–H groups in total. The molecule has 0 saturated carbocycles. The standard InChI is InChI=1S/C24H40O5Si/c1-16(18(3)29-30(8,9)24(5,6)7)15-21(25)17(2)22(26)19(4)28-23(27)20-13-11-10-12-14-20/h10-14,16-19,21,25H,15H2,1-9H3/t16-,17+,18-,19-,21+/m0/s1. The molecule has 0 aliphatic carbocycles. The molecular formula is C24H40O5Si. The molecule has 6 heteroatoms. The van der Waals surface area contributed by atoms with Crippen LogP contribution in [0.2, 0.25) is 18.1 Å². The van der Waals surface area contributed by atoms with E-state index < -0.39 is 32.4 Å². The van der Waals surface area contributed by atoms with Crippen molar-refractivity contribution >= 4 is 20.1 Å². The maximum Gasteiger partial charge on any atom is 0.338 e. The molecule has 1 rings (SSSR count). The molecule has 30 heavy (non-hydrogen) atoms. The van der Waals surface area contributed by atoms with Crippen LogP contribution in [0.4, 0.5) is 0 Å². The predicted molar refractivity (Wildman–Crippen MR) is 123 cm³/mol. The Kier molecular flexibility index (Phi) is 9.45. The largest absolute Gasteiger partial charge is 0.451 e. The van der Waals surface area contributed by atoms with Gasteiger partial charge in [-0.1, -0.05) is 52.8 Å². The van der Waals surface area contributed by atoms with Gasteiger partial charge in [0, 0.05) is 12.0 Å². The van der Waals surface area contributed by atoms with Crippen molar-refractivity contribution in [3.8, 4) is 0 Å². The highest BCUT2D eigenvalue weighted by molar-refractivity contribution is 6.74. The van der Waals surface area contributed by atoms with Gasteiger partial charge >= 0.3 is 5.97 Å². The number of carbonyl (C=O) groups excluding carboxylic acids is 2. The van der Waals surface area contributed by atoms with Crippen LogP contribution in [-0.4, -0.2) is 43.5 Å². The van der Waals surface area contributed by atoms with Crippen molar-refractivity contribution in [3.63, 3.8) is 0 Å². The van der Waals surface area contributed by atoms with Gasteiger partial charge in [0.2, 0.25) is 0 Å². The lowest BCUT2D eigenvalue weighted by Gasteiger charge is -2.40. The van der Waals surface area contributed by atoms with Crippen LogP contribution in [-0.2, 0) is 14.0 Å². The van der Waals surface area contributed by atoms with Crippen molar-refractivity contribution in [1.29, 1.82) is 0 Å². The number of aliphatic hydroxyl groups is 1. The van der Waals surface area contributed by atoms with Crippen molar-refractivity contribution < 1.29 is 23.9 Å². The lowest BCUT2D eigenvalue weighted by atomic mass is 9.88. The van der Waals surface area contributed by atoms with Gasteiger partial charge < -0.3 is 14.3 Å². The van der Waals surface area contributed by atoms with Gasteiger partial charge in [0.25, 0.3) is 0 Å². The molecule has 0 aliphatic heterocycles. The van der Waals surface area contributed by atoms with Gasteiger partial charge in [0.15, 0.2) is 20.2 Å². The number of Topliss-reactive ketones (excluding diaryl/α,β-unsaturated/α-hetero) is 1. The van der Waals surface area contributed by atoms with Gasteiger partial charge in [0.1, 0.15) is 0 Å². The first-order valence-corrected chi connectivity index (χ1v) is 13.7. The Labute approximate surface area is 183 Å². The first kappa shape index (κ1) is 26.5. The summed E-state index contributed by atoms with van der Waals surface area (Å²) >= 11 is 0. The third kappa shape index (κ3) is 7.32. The number of ether oxygens (including phenoxy) is 1. The Morgan fingerprint density at radius 1 is 1.03 bits per heavy atom. The summed E-state index contributed by atoms with van der Waals surface area (Å²) in [6, 6.07) is 8.57. The maximum atomic E-state index is 12.7. The van der Waals surface area contributed by atoms with Gasteiger partial charge in [-0.15, -0.1) is 0 Å². The summed E-state index contributed by atoms with van der Waals surface area (Å²) in [4.78, 5) is 24.9. The quantitative estimate of drug-likeness (QED) is 0.401. The highest BCUT2D eigenvalue weighted by atomic mass is 28.4. The van der Waals surface area contributed by atoms with Crippen LogP contribution in [0.15, 0.2) is 30.3 Å². The van der Waals surface area contributed by atoms with Gasteiger partial charge in [0.05, 0.1) is 11.7 Å². The zero-order valence-electron chi connectivity index (χ0n) is 20.1. The topological polar surface area (TPSA) is 72.8 Å². The Bertz CT molecular complexity index is 695. The SMILES string of the molecule is C[C@H](OC(=O)c1ccccc1)C(=O)[C@H](C)[C@H](O)C[C@H](C)[C@H](C)O[Si](C)(C)C(C)(C)C. The average molecular weight is 437 g/mol. The number of hydrogen-bond donors (Lipinski definition) is 1. The third-order valence-corrected chi connectivity index (χ3v) is 11.0. The number of hydrogen-bond acceptors (Lipinski definition) is 5. The summed E-state index contributed by atoms with van der Waals surface area (Å²) < 4.78 is 11.7. The normalized spacial score (nSPS) is 17.5. The summed E-state index contributed by atoms with van der Waals surface area (Å²) in [5.41, 5.74) is 0.399. The van der Waals surface area contributed by atoms with E-state index in [9.17, 15) is 14.7 Å². The Morgan fingerprint density at radius 2 is 1.57 bits per heavy atom. The van der Waals surface area contributed by atoms with E-state index in [-0.39, 0.29) is 22.8 Å². The minimum atomic E-state index is -1.91. The molecule has 5 atom stereocenters. The molecule has 0 aliphatic rings. The number of aliphatic hydroxyl groups excluding tert-OH is 1. The monoisotopic (exact) mass is 436 g/mol. The Balaban J connectivity index is 2.64. The number of benzene rings is 1. The lowest BCUT2D eigenvalue weighted by molar-refractivity contribution is -0.134. The summed E-state index contributed by atoms with van der Waals surface area (Å²) in [5, 5.41) is 10.8. The van der Waals surface area contributed by atoms with E-state index >= 15 is 0 Å². The zero-order valence-corrected chi connectivity index (χ0v) is 21.1. The molecule has 0 saturated heterocycles. The highest BCUT2D eigenvalue weighted by Gasteiger charge is 2.39. The molecule has 0 aromatic heterocycles. The molecule has 5 nitrogen and oxygen atoms in total. The van der Waals surface area contributed by atoms with Crippen molar-refractivity contribution in [3.05, 3.63) is 35.9 Å². The highest BCUT2D eigenvalue weighted by Crippen LogP contribution is 2.38. The molecule has 0 amide bonds. The molecule has 0 radical (unpaired) electrons. The molecule has 1 aromatic rings. The van der Waals surface area contributed by atoms with E-state index in [0.29, 0.717) is 12.0 Å². The molecular weight excluding hydrogens is 396 g/mol. The van der Waals surface area contributed by atoms with Crippen molar-refractivity contribution in [1.82, 2.24) is 0 Å². The smallest absolute Gasteiger partial charge is 0.338 e. The molecule has 0 heterocycles. The minimum Gasteiger partial charge on any atom is -0.451 e. The first-order valence-electron chi connectivity index (χ1n) is 10.8. The first-order chi connectivity index (χ1) is 13.7. The van der Waals surface area contributed by atoms with Crippen molar-refractivity contribution in [2.24, 2.45) is 11.8 Å². The van der Waals surface area contributed by atoms with Crippen LogP contribution in [0.25, 0.3) is 0 Å². The number of carbonyl (C=O) groups is 2. The van der Waals surface area contributed by atoms with E-state index in [1.165, 1.54) is 0 Å². The van der Waals surface area contributed by atoms with Crippen LogP contribution in [0.3, 0.4) is 0 Å². The van der Waals surface area contributed by atoms with Crippen LogP contribution in [0, 0.1) is 11.8 Å². The molecule has 0 fully saturated rings. The van der Waals surface area contributed by atoms with Crippen LogP contribution < -0.4 is 0 Å². The Hall–Kier alpha value is -1.50. The van der Waals surface area contributed by atoms with E-state index in [1.54, 1.807) is 44.2 Å². The second kappa shape index (κ2) is 10.7. The van der Waals surface area contributed by atoms with Crippen molar-refractivity contribution in [2.75, 3.05) is 0 Å². The van der Waals surface area contributed by atoms with Gasteiger partial charge in [-0.05, 0) is 56.5 Å². The fourth-order valence-electron chi connectivity index (χ4n) is 2.96. The van der Waals surface area contributed by atoms with E-state index in [1.807, 2.05) is 13.8 Å². The third-order valence-electron chi connectivity index (χ3n) is 6.42.